The molecule has 0 spiro atoms. The molecule has 15 heteroatoms. The Morgan fingerprint density at radius 3 is 1.25 bits per heavy atom. The third-order valence-electron chi connectivity index (χ3n) is 23.4. The number of hydrogen-bond donors (Lipinski definition) is 1. The molecule has 12 bridgehead atoms. The number of carbonyl (C=O) groups excluding carboxylic acids is 7. The molecule has 92 heavy (non-hydrogen) atoms. The van der Waals surface area contributed by atoms with Crippen LogP contribution in [0.3, 0.4) is 0 Å². The van der Waals surface area contributed by atoms with Gasteiger partial charge in [0.1, 0.15) is 28.0 Å². The smallest absolute Gasteiger partial charge is 0.347 e. The van der Waals surface area contributed by atoms with Crippen molar-refractivity contribution >= 4 is 41.8 Å². The molecule has 15 nitrogen and oxygen atoms in total. The van der Waals surface area contributed by atoms with Gasteiger partial charge in [-0.1, -0.05) is 74.1 Å². The molecular weight excluding hydrogens is 1160 g/mol. The average Bonchev–Trinajstić information content (AvgIpc) is 0.857. The van der Waals surface area contributed by atoms with Crippen molar-refractivity contribution in [3.8, 4) is 0 Å². The van der Waals surface area contributed by atoms with E-state index in [0.29, 0.717) is 94.7 Å². The number of cyclic esters (lactones) is 1. The lowest BCUT2D eigenvalue weighted by molar-refractivity contribution is -0.221. The highest BCUT2D eigenvalue weighted by molar-refractivity contribution is 5.90. The van der Waals surface area contributed by atoms with E-state index < -0.39 is 29.2 Å². The topological polar surface area (TPSA) is 204 Å². The van der Waals surface area contributed by atoms with Gasteiger partial charge in [0, 0.05) is 46.3 Å². The van der Waals surface area contributed by atoms with Crippen LogP contribution in [0, 0.1) is 71.0 Å². The molecule has 3 unspecified atom stereocenters. The maximum absolute atomic E-state index is 12.1. The summed E-state index contributed by atoms with van der Waals surface area (Å²) in [6, 6.07) is 0. The van der Waals surface area contributed by atoms with Crippen LogP contribution in [0.15, 0.2) is 72.9 Å². The lowest BCUT2D eigenvalue weighted by Gasteiger charge is -2.61. The lowest BCUT2D eigenvalue weighted by Crippen LogP contribution is -2.62. The minimum Gasteiger partial charge on any atom is -0.463 e. The van der Waals surface area contributed by atoms with Gasteiger partial charge in [0.2, 0.25) is 6.10 Å². The second-order valence-electron chi connectivity index (χ2n) is 31.8. The van der Waals surface area contributed by atoms with Gasteiger partial charge in [0.25, 0.3) is 0 Å². The predicted octanol–water partition coefficient (Wildman–Crippen LogP) is 15.8. The fourth-order valence-corrected chi connectivity index (χ4v) is 19.2. The fourth-order valence-electron chi connectivity index (χ4n) is 19.2. The molecule has 14 aliphatic carbocycles. The predicted molar refractivity (Wildman–Crippen MR) is 355 cm³/mol. The quantitative estimate of drug-likeness (QED) is 0.0920. The van der Waals surface area contributed by atoms with E-state index in [2.05, 4.69) is 85.8 Å². The van der Waals surface area contributed by atoms with Gasteiger partial charge in [-0.25, -0.2) is 33.6 Å². The molecule has 1 saturated heterocycles. The highest BCUT2D eigenvalue weighted by Gasteiger charge is 2.62. The Bertz CT molecular complexity index is 2730. The van der Waals surface area contributed by atoms with Crippen LogP contribution in [-0.2, 0) is 66.7 Å². The van der Waals surface area contributed by atoms with Gasteiger partial charge < -0.3 is 38.3 Å². The summed E-state index contributed by atoms with van der Waals surface area (Å²) in [6.45, 7) is 45.1. The number of esters is 7. The monoisotopic (exact) mass is 1280 g/mol. The van der Waals surface area contributed by atoms with Crippen LogP contribution < -0.4 is 0 Å². The van der Waals surface area contributed by atoms with E-state index in [-0.39, 0.29) is 57.8 Å². The van der Waals surface area contributed by atoms with E-state index in [4.69, 9.17) is 28.4 Å². The molecule has 1 N–H and O–H groups in total. The SMILES string of the molecule is C=C(C)C(=O)OC1(C(C)C)C2CC3CC(C2)CC1C3.C=C(C)C(=O)OC1(C(C)C)CCCC1.C=C(C)C(=O)OC1(C)C2CC3CC(C2)CC1C3.C=C(C)C(=O)OC1(CC)CCCC1.C=C(C)C(=O)OC12CC3CC(CC(O)(C3)C1)C2.C=C(C)C(=O)OC1CCOC1=O. The Balaban J connectivity index is 0.000000158. The second-order valence-corrected chi connectivity index (χ2v) is 31.8. The van der Waals surface area contributed by atoms with Gasteiger partial charge >= 0.3 is 41.8 Å². The third kappa shape index (κ3) is 17.4. The van der Waals surface area contributed by atoms with Crippen LogP contribution in [0.2, 0.25) is 0 Å². The van der Waals surface area contributed by atoms with Gasteiger partial charge in [-0.15, -0.1) is 0 Å². The second kappa shape index (κ2) is 30.2. The maximum atomic E-state index is 12.1. The van der Waals surface area contributed by atoms with E-state index in [1.165, 1.54) is 103 Å². The van der Waals surface area contributed by atoms with E-state index in [9.17, 15) is 38.7 Å². The summed E-state index contributed by atoms with van der Waals surface area (Å²) in [7, 11) is 0. The first-order valence-electron chi connectivity index (χ1n) is 35.2. The first kappa shape index (κ1) is 74.1. The molecule has 0 aromatic rings. The van der Waals surface area contributed by atoms with Gasteiger partial charge in [-0.3, -0.25) is 0 Å². The zero-order chi connectivity index (χ0) is 68.1. The molecule has 15 aliphatic rings. The highest BCUT2D eigenvalue weighted by atomic mass is 16.6. The van der Waals surface area contributed by atoms with Crippen molar-refractivity contribution in [1.82, 2.24) is 0 Å². The first-order chi connectivity index (χ1) is 43.0. The fraction of sp³-hybridized carbons (Fsp3) is 0.753. The Kier molecular flexibility index (Phi) is 24.3. The zero-order valence-corrected chi connectivity index (χ0v) is 58.5. The minimum absolute atomic E-state index is 0.171. The standard InChI is InChI=1S/C17H26O2.C15H22O2.C14H20O3.C12H20O2.C11H18O2.C8H10O4/c1-10(2)16(18)19-17(11(3)4)14-6-12-5-13(8-14)9-15(17)7-12;1-9(2)14(16)17-15(3)12-5-10-4-11(7-12)8-13(15)6-10;1-9(2)12(15)17-14-6-10-3-11(7-14)5-13(16,4-10)8-14;1-9(2)11(13)14-12(10(3)4)7-5-6-8-12;1-4-11(7-5-6-8-11)13-10(12)9(2)3;1-5(2)7(9)12-6-3-4-11-8(6)10/h11-15H,1,5-9H2,2-4H3;10-13H,1,4-8H2,2-3H3;10-11,16H,1,3-8H2,2H3;10H,1,5-8H2,2-4H3;2,4-8H2,1,3H3;6H,1,3-4H2,2H3. The number of carbonyl (C=O) groups is 7. The molecule has 0 aromatic heterocycles. The van der Waals surface area contributed by atoms with Gasteiger partial charge in [-0.05, 0) is 274 Å². The zero-order valence-electron chi connectivity index (χ0n) is 58.5. The van der Waals surface area contributed by atoms with E-state index in [1.54, 1.807) is 34.6 Å². The summed E-state index contributed by atoms with van der Waals surface area (Å²) in [4.78, 5) is 80.2. The van der Waals surface area contributed by atoms with Crippen molar-refractivity contribution in [2.75, 3.05) is 6.61 Å². The highest BCUT2D eigenvalue weighted by Crippen LogP contribution is 2.63. The number of aliphatic hydroxyl groups is 1. The molecule has 0 radical (unpaired) electrons. The summed E-state index contributed by atoms with van der Waals surface area (Å²) >= 11 is 0. The molecule has 14 saturated carbocycles. The Hall–Kier alpha value is -5.31. The van der Waals surface area contributed by atoms with Crippen LogP contribution in [0.4, 0.5) is 0 Å². The van der Waals surface area contributed by atoms with Crippen LogP contribution in [0.1, 0.15) is 250 Å². The Morgan fingerprint density at radius 1 is 0.489 bits per heavy atom. The molecular formula is C77H116O15. The first-order valence-corrected chi connectivity index (χ1v) is 35.2. The van der Waals surface area contributed by atoms with Crippen molar-refractivity contribution in [3.63, 3.8) is 0 Å². The summed E-state index contributed by atoms with van der Waals surface area (Å²) in [5.74, 6) is 5.74. The molecule has 3 atom stereocenters. The van der Waals surface area contributed by atoms with E-state index >= 15 is 0 Å². The molecule has 0 amide bonds. The van der Waals surface area contributed by atoms with E-state index in [1.807, 2.05) is 0 Å². The molecule has 1 heterocycles. The Morgan fingerprint density at radius 2 is 0.870 bits per heavy atom. The lowest BCUT2D eigenvalue weighted by atomic mass is 9.47. The summed E-state index contributed by atoms with van der Waals surface area (Å²) in [6.07, 6.45) is 27.9. The normalized spacial score (nSPS) is 35.0. The van der Waals surface area contributed by atoms with Gasteiger partial charge in [0.15, 0.2) is 0 Å². The summed E-state index contributed by atoms with van der Waals surface area (Å²) in [5, 5.41) is 10.5. The van der Waals surface area contributed by atoms with Crippen molar-refractivity contribution in [1.29, 1.82) is 0 Å². The number of hydrogen-bond acceptors (Lipinski definition) is 15. The maximum Gasteiger partial charge on any atom is 0.347 e. The van der Waals surface area contributed by atoms with Crippen LogP contribution in [0.25, 0.3) is 0 Å². The van der Waals surface area contributed by atoms with Crippen LogP contribution in [-0.4, -0.2) is 93.2 Å². The van der Waals surface area contributed by atoms with Crippen LogP contribution in [0.5, 0.6) is 0 Å². The van der Waals surface area contributed by atoms with Gasteiger partial charge in [0.05, 0.1) is 12.2 Å². The number of ether oxygens (including phenoxy) is 7. The molecule has 0 aromatic carbocycles. The van der Waals surface area contributed by atoms with Crippen LogP contribution >= 0.6 is 0 Å². The number of rotatable bonds is 15. The van der Waals surface area contributed by atoms with Gasteiger partial charge in [-0.2, -0.15) is 0 Å². The van der Waals surface area contributed by atoms with Crippen molar-refractivity contribution in [2.45, 2.75) is 290 Å². The molecule has 1 aliphatic heterocycles. The summed E-state index contributed by atoms with van der Waals surface area (Å²) < 4.78 is 38.0. The molecule has 15 fully saturated rings. The van der Waals surface area contributed by atoms with E-state index in [0.717, 1.165) is 81.5 Å². The minimum atomic E-state index is -0.728. The van der Waals surface area contributed by atoms with Crippen molar-refractivity contribution in [3.05, 3.63) is 72.9 Å². The Labute approximate surface area is 551 Å². The van der Waals surface area contributed by atoms with Crippen molar-refractivity contribution < 1.29 is 71.8 Å². The third-order valence-corrected chi connectivity index (χ3v) is 23.4. The van der Waals surface area contributed by atoms with Crippen molar-refractivity contribution in [2.24, 2.45) is 71.0 Å². The average molecular weight is 1280 g/mol. The largest absolute Gasteiger partial charge is 0.463 e. The summed E-state index contributed by atoms with van der Waals surface area (Å²) in [5.41, 5.74) is 1.04. The molecule has 514 valence electrons. The molecule has 15 rings (SSSR count).